The Bertz CT molecular complexity index is 932. The second-order valence-electron chi connectivity index (χ2n) is 5.74. The number of halogens is 1. The van der Waals surface area contributed by atoms with Gasteiger partial charge in [0.05, 0.1) is 5.56 Å². The maximum Gasteiger partial charge on any atom is 0.248 e. The quantitative estimate of drug-likeness (QED) is 0.708. The summed E-state index contributed by atoms with van der Waals surface area (Å²) in [5.41, 5.74) is 6.51. The van der Waals surface area contributed by atoms with Gasteiger partial charge < -0.3 is 15.5 Å². The van der Waals surface area contributed by atoms with E-state index in [1.165, 1.54) is 6.07 Å². The summed E-state index contributed by atoms with van der Waals surface area (Å²) in [6, 6.07) is 16.1. The van der Waals surface area contributed by atoms with Gasteiger partial charge in [-0.15, -0.1) is 0 Å². The van der Waals surface area contributed by atoms with Gasteiger partial charge in [-0.25, -0.2) is 4.39 Å². The average Bonchev–Trinajstić information content (AvgIpc) is 3.09. The minimum atomic E-state index is -0.522. The van der Waals surface area contributed by atoms with Crippen molar-refractivity contribution in [3.05, 3.63) is 77.8 Å². The summed E-state index contributed by atoms with van der Waals surface area (Å²) in [4.78, 5) is 23.1. The fraction of sp³-hybridized carbons (Fsp3) is 0.100. The number of hydrogen-bond donors (Lipinski definition) is 2. The molecule has 0 saturated heterocycles. The van der Waals surface area contributed by atoms with Crippen molar-refractivity contribution in [1.29, 1.82) is 0 Å². The summed E-state index contributed by atoms with van der Waals surface area (Å²) in [7, 11) is 0. The smallest absolute Gasteiger partial charge is 0.248 e. The number of furan rings is 1. The maximum absolute atomic E-state index is 13.8. The molecule has 26 heavy (non-hydrogen) atoms. The minimum absolute atomic E-state index is 0.194. The van der Waals surface area contributed by atoms with E-state index < -0.39 is 5.91 Å². The Morgan fingerprint density at radius 1 is 1.00 bits per heavy atom. The minimum Gasteiger partial charge on any atom is -0.461 e. The van der Waals surface area contributed by atoms with Crippen molar-refractivity contribution in [3.8, 4) is 11.3 Å². The lowest BCUT2D eigenvalue weighted by atomic mass is 10.1. The molecule has 0 unspecified atom stereocenters. The first-order valence-corrected chi connectivity index (χ1v) is 8.06. The van der Waals surface area contributed by atoms with Gasteiger partial charge in [0.15, 0.2) is 0 Å². The zero-order chi connectivity index (χ0) is 18.5. The standard InChI is InChI=1S/C20H17FN2O3/c21-17-4-2-1-3-16(17)18-11-9-15(26-18)10-12-19(24)23-14-7-5-13(6-8-14)20(22)25/h1-9,11H,10,12H2,(H2,22,25)(H,23,24). The lowest BCUT2D eigenvalue weighted by Gasteiger charge is -2.05. The van der Waals surface area contributed by atoms with Gasteiger partial charge in [-0.1, -0.05) is 12.1 Å². The molecule has 2 aromatic carbocycles. The van der Waals surface area contributed by atoms with Gasteiger partial charge in [-0.2, -0.15) is 0 Å². The summed E-state index contributed by atoms with van der Waals surface area (Å²) < 4.78 is 19.4. The Hall–Kier alpha value is -3.41. The number of nitrogens with two attached hydrogens (primary N) is 1. The maximum atomic E-state index is 13.8. The predicted molar refractivity (Wildman–Crippen MR) is 96.0 cm³/mol. The number of carbonyl (C=O) groups excluding carboxylic acids is 2. The van der Waals surface area contributed by atoms with Gasteiger partial charge in [0.25, 0.3) is 0 Å². The monoisotopic (exact) mass is 352 g/mol. The largest absolute Gasteiger partial charge is 0.461 e. The molecule has 0 aliphatic heterocycles. The number of benzene rings is 2. The van der Waals surface area contributed by atoms with Crippen molar-refractivity contribution in [2.24, 2.45) is 5.73 Å². The van der Waals surface area contributed by atoms with Crippen LogP contribution in [0.25, 0.3) is 11.3 Å². The van der Waals surface area contributed by atoms with Gasteiger partial charge in [0.1, 0.15) is 17.3 Å². The van der Waals surface area contributed by atoms with Crippen molar-refractivity contribution in [2.75, 3.05) is 5.32 Å². The second-order valence-corrected chi connectivity index (χ2v) is 5.74. The molecule has 0 aliphatic rings. The molecular formula is C20H17FN2O3. The Kier molecular flexibility index (Phi) is 5.12. The topological polar surface area (TPSA) is 85.3 Å². The highest BCUT2D eigenvalue weighted by Gasteiger charge is 2.11. The molecule has 2 amide bonds. The number of amides is 2. The van der Waals surface area contributed by atoms with Crippen molar-refractivity contribution < 1.29 is 18.4 Å². The van der Waals surface area contributed by atoms with Crippen molar-refractivity contribution >= 4 is 17.5 Å². The number of primary amides is 1. The van der Waals surface area contributed by atoms with E-state index >= 15 is 0 Å². The van der Waals surface area contributed by atoms with Crippen LogP contribution in [0.1, 0.15) is 22.5 Å². The Labute approximate surface area is 149 Å². The van der Waals surface area contributed by atoms with Crippen LogP contribution in [0.2, 0.25) is 0 Å². The van der Waals surface area contributed by atoms with Crippen LogP contribution in [0, 0.1) is 5.82 Å². The van der Waals surface area contributed by atoms with Crippen LogP contribution in [0.3, 0.4) is 0 Å². The van der Waals surface area contributed by atoms with E-state index in [1.54, 1.807) is 54.6 Å². The van der Waals surface area contributed by atoms with E-state index in [-0.39, 0.29) is 18.1 Å². The molecule has 1 heterocycles. The van der Waals surface area contributed by atoms with Crippen LogP contribution >= 0.6 is 0 Å². The van der Waals surface area contributed by atoms with Gasteiger partial charge in [0.2, 0.25) is 11.8 Å². The molecule has 3 N–H and O–H groups in total. The SMILES string of the molecule is NC(=O)c1ccc(NC(=O)CCc2ccc(-c3ccccc3F)o2)cc1. The highest BCUT2D eigenvalue weighted by molar-refractivity contribution is 5.94. The lowest BCUT2D eigenvalue weighted by molar-refractivity contribution is -0.116. The van der Waals surface area contributed by atoms with E-state index in [4.69, 9.17) is 10.2 Å². The summed E-state index contributed by atoms with van der Waals surface area (Å²) in [5, 5.41) is 2.73. The molecule has 0 atom stereocenters. The number of carbonyl (C=O) groups is 2. The van der Waals surface area contributed by atoms with E-state index in [0.29, 0.717) is 34.8 Å². The molecule has 0 aliphatic carbocycles. The zero-order valence-electron chi connectivity index (χ0n) is 13.9. The molecule has 3 aromatic rings. The van der Waals surface area contributed by atoms with E-state index in [9.17, 15) is 14.0 Å². The van der Waals surface area contributed by atoms with Gasteiger partial charge in [0, 0.05) is 24.1 Å². The first-order valence-electron chi connectivity index (χ1n) is 8.06. The van der Waals surface area contributed by atoms with Crippen LogP contribution < -0.4 is 11.1 Å². The number of rotatable bonds is 6. The van der Waals surface area contributed by atoms with Crippen LogP contribution in [-0.4, -0.2) is 11.8 Å². The third-order valence-corrected chi connectivity index (χ3v) is 3.85. The van der Waals surface area contributed by atoms with E-state index in [1.807, 2.05) is 0 Å². The third-order valence-electron chi connectivity index (χ3n) is 3.85. The molecule has 0 spiro atoms. The molecule has 0 saturated carbocycles. The highest BCUT2D eigenvalue weighted by Crippen LogP contribution is 2.25. The van der Waals surface area contributed by atoms with Crippen LogP contribution in [-0.2, 0) is 11.2 Å². The van der Waals surface area contributed by atoms with Gasteiger partial charge >= 0.3 is 0 Å². The average molecular weight is 352 g/mol. The van der Waals surface area contributed by atoms with Crippen molar-refractivity contribution in [3.63, 3.8) is 0 Å². The van der Waals surface area contributed by atoms with Gasteiger partial charge in [-0.3, -0.25) is 9.59 Å². The first kappa shape index (κ1) is 17.4. The first-order chi connectivity index (χ1) is 12.5. The summed E-state index contributed by atoms with van der Waals surface area (Å²) in [5.74, 6) is -0.0411. The number of aryl methyl sites for hydroxylation is 1. The number of nitrogens with one attached hydrogen (secondary N) is 1. The molecule has 0 bridgehead atoms. The van der Waals surface area contributed by atoms with Crippen molar-refractivity contribution in [1.82, 2.24) is 0 Å². The van der Waals surface area contributed by atoms with Gasteiger partial charge in [-0.05, 0) is 48.5 Å². The van der Waals surface area contributed by atoms with Crippen molar-refractivity contribution in [2.45, 2.75) is 12.8 Å². The molecule has 1 aromatic heterocycles. The Morgan fingerprint density at radius 3 is 2.42 bits per heavy atom. The highest BCUT2D eigenvalue weighted by atomic mass is 19.1. The number of anilines is 1. The van der Waals surface area contributed by atoms with Crippen LogP contribution in [0.5, 0.6) is 0 Å². The normalized spacial score (nSPS) is 10.5. The Balaban J connectivity index is 1.56. The molecule has 5 nitrogen and oxygen atoms in total. The molecule has 0 radical (unpaired) electrons. The van der Waals surface area contributed by atoms with Crippen LogP contribution in [0.4, 0.5) is 10.1 Å². The van der Waals surface area contributed by atoms with Crippen LogP contribution in [0.15, 0.2) is 65.1 Å². The second kappa shape index (κ2) is 7.65. The van der Waals surface area contributed by atoms with E-state index in [0.717, 1.165) is 0 Å². The fourth-order valence-corrected chi connectivity index (χ4v) is 2.50. The van der Waals surface area contributed by atoms with E-state index in [2.05, 4.69) is 5.32 Å². The lowest BCUT2D eigenvalue weighted by Crippen LogP contribution is -2.13. The Morgan fingerprint density at radius 2 is 1.73 bits per heavy atom. The molecule has 0 fully saturated rings. The third kappa shape index (κ3) is 4.16. The molecule has 6 heteroatoms. The fourth-order valence-electron chi connectivity index (χ4n) is 2.50. The summed E-state index contributed by atoms with van der Waals surface area (Å²) in [6.07, 6.45) is 0.599. The molecular weight excluding hydrogens is 335 g/mol. The predicted octanol–water partition coefficient (Wildman–Crippen LogP) is 3.76. The molecule has 3 rings (SSSR count). The summed E-state index contributed by atoms with van der Waals surface area (Å²) in [6.45, 7) is 0. The molecule has 132 valence electrons. The zero-order valence-corrected chi connectivity index (χ0v) is 13.9. The number of hydrogen-bond acceptors (Lipinski definition) is 3. The summed E-state index contributed by atoms with van der Waals surface area (Å²) >= 11 is 0.